The molecule has 0 amide bonds. The monoisotopic (exact) mass is 265 g/mol. The number of nitrogens with one attached hydrogen (secondary N) is 1. The van der Waals surface area contributed by atoms with Crippen LogP contribution in [0.4, 0.5) is 0 Å². The minimum atomic E-state index is 0.669. The van der Waals surface area contributed by atoms with Gasteiger partial charge in [0.1, 0.15) is 11.5 Å². The summed E-state index contributed by atoms with van der Waals surface area (Å²) in [5.41, 5.74) is 1.16. The van der Waals surface area contributed by atoms with Crippen LogP contribution < -0.4 is 5.32 Å². The lowest BCUT2D eigenvalue weighted by Crippen LogP contribution is -2.39. The Kier molecular flexibility index (Phi) is 6.46. The van der Waals surface area contributed by atoms with Gasteiger partial charge in [0, 0.05) is 25.7 Å². The Morgan fingerprint density at radius 2 is 2.11 bits per heavy atom. The van der Waals surface area contributed by atoms with Crippen LogP contribution in [0.3, 0.4) is 0 Å². The van der Waals surface area contributed by atoms with Crippen LogP contribution in [0.15, 0.2) is 15.5 Å². The molecule has 0 spiro atoms. The van der Waals surface area contributed by atoms with Crippen LogP contribution >= 0.6 is 0 Å². The molecule has 0 aliphatic rings. The Bertz CT molecular complexity index is 410. The Balaban J connectivity index is 2.69. The third kappa shape index (κ3) is 4.97. The number of hydrogen-bond acceptors (Lipinski definition) is 2. The van der Waals surface area contributed by atoms with Crippen LogP contribution in [0.1, 0.15) is 43.8 Å². The summed E-state index contributed by atoms with van der Waals surface area (Å²) in [5.74, 6) is 2.88. The Hall–Kier alpha value is -1.45. The Labute approximate surface area is 116 Å². The lowest BCUT2D eigenvalue weighted by atomic mass is 10.2. The third-order valence-electron chi connectivity index (χ3n) is 3.09. The van der Waals surface area contributed by atoms with Crippen molar-refractivity contribution >= 4 is 5.96 Å². The highest BCUT2D eigenvalue weighted by Gasteiger charge is 2.07. The Morgan fingerprint density at radius 1 is 1.37 bits per heavy atom. The maximum absolute atomic E-state index is 5.53. The highest BCUT2D eigenvalue weighted by Crippen LogP contribution is 2.14. The molecule has 0 fully saturated rings. The van der Waals surface area contributed by atoms with Crippen molar-refractivity contribution in [3.63, 3.8) is 0 Å². The predicted octanol–water partition coefficient (Wildman–Crippen LogP) is 3.09. The molecule has 108 valence electrons. The molecule has 0 aromatic carbocycles. The smallest absolute Gasteiger partial charge is 0.193 e. The quantitative estimate of drug-likeness (QED) is 0.635. The topological polar surface area (TPSA) is 40.8 Å². The third-order valence-corrected chi connectivity index (χ3v) is 3.09. The van der Waals surface area contributed by atoms with Crippen LogP contribution in [-0.4, -0.2) is 31.0 Å². The van der Waals surface area contributed by atoms with Gasteiger partial charge >= 0.3 is 0 Å². The predicted molar refractivity (Wildman–Crippen MR) is 80.5 cm³/mol. The summed E-state index contributed by atoms with van der Waals surface area (Å²) in [7, 11) is 2.09. The van der Waals surface area contributed by atoms with Gasteiger partial charge in [-0.1, -0.05) is 13.3 Å². The molecule has 4 nitrogen and oxygen atoms in total. The first-order chi connectivity index (χ1) is 9.08. The summed E-state index contributed by atoms with van der Waals surface area (Å²) in [4.78, 5) is 6.87. The number of furan rings is 1. The van der Waals surface area contributed by atoms with E-state index in [1.54, 1.807) is 0 Å². The zero-order valence-corrected chi connectivity index (χ0v) is 12.9. The van der Waals surface area contributed by atoms with Gasteiger partial charge in [-0.3, -0.25) is 0 Å². The maximum Gasteiger partial charge on any atom is 0.193 e. The number of rotatable bonds is 6. The molecule has 0 aliphatic heterocycles. The summed E-state index contributed by atoms with van der Waals surface area (Å²) >= 11 is 0. The van der Waals surface area contributed by atoms with Gasteiger partial charge in [-0.25, -0.2) is 4.99 Å². The maximum atomic E-state index is 5.53. The highest BCUT2D eigenvalue weighted by atomic mass is 16.3. The molecule has 1 heterocycles. The normalized spacial score (nSPS) is 11.7. The first-order valence-electron chi connectivity index (χ1n) is 7.13. The van der Waals surface area contributed by atoms with E-state index in [9.17, 15) is 0 Å². The summed E-state index contributed by atoms with van der Waals surface area (Å²) in [6.45, 7) is 10.8. The van der Waals surface area contributed by atoms with Gasteiger partial charge in [0.25, 0.3) is 0 Å². The van der Waals surface area contributed by atoms with Crippen LogP contribution in [0.2, 0.25) is 0 Å². The molecular formula is C15H27N3O. The van der Waals surface area contributed by atoms with Gasteiger partial charge in [0.15, 0.2) is 5.96 Å². The van der Waals surface area contributed by atoms with E-state index >= 15 is 0 Å². The van der Waals surface area contributed by atoms with Crippen LogP contribution in [0.5, 0.6) is 0 Å². The minimum Gasteiger partial charge on any atom is -0.466 e. The second-order valence-corrected chi connectivity index (χ2v) is 4.88. The number of hydrogen-bond donors (Lipinski definition) is 1. The van der Waals surface area contributed by atoms with E-state index in [1.807, 2.05) is 13.8 Å². The number of nitrogens with zero attached hydrogens (tertiary/aromatic N) is 2. The first kappa shape index (κ1) is 15.6. The van der Waals surface area contributed by atoms with E-state index in [-0.39, 0.29) is 0 Å². The van der Waals surface area contributed by atoms with Crippen molar-refractivity contribution in [2.24, 2.45) is 4.99 Å². The Morgan fingerprint density at radius 3 is 2.63 bits per heavy atom. The zero-order valence-electron chi connectivity index (χ0n) is 12.9. The summed E-state index contributed by atoms with van der Waals surface area (Å²) in [5, 5.41) is 3.33. The molecule has 4 heteroatoms. The van der Waals surface area contributed by atoms with E-state index in [4.69, 9.17) is 4.42 Å². The molecule has 1 N–H and O–H groups in total. The largest absolute Gasteiger partial charge is 0.466 e. The molecule has 0 atom stereocenters. The molecular weight excluding hydrogens is 238 g/mol. The molecule has 0 saturated heterocycles. The molecule has 0 bridgehead atoms. The molecule has 19 heavy (non-hydrogen) atoms. The van der Waals surface area contributed by atoms with Crippen molar-refractivity contribution in [1.29, 1.82) is 0 Å². The van der Waals surface area contributed by atoms with Crippen molar-refractivity contribution in [3.8, 4) is 0 Å². The molecule has 1 aromatic rings. The number of aliphatic imine (C=N–C) groups is 1. The fraction of sp³-hybridized carbons (Fsp3) is 0.667. The molecule has 0 aliphatic carbocycles. The first-order valence-corrected chi connectivity index (χ1v) is 7.13. The fourth-order valence-corrected chi connectivity index (χ4v) is 1.97. The van der Waals surface area contributed by atoms with Crippen molar-refractivity contribution in [2.45, 2.75) is 47.1 Å². The highest BCUT2D eigenvalue weighted by molar-refractivity contribution is 5.79. The van der Waals surface area contributed by atoms with Gasteiger partial charge in [0.05, 0.1) is 6.54 Å². The SMILES string of the molecule is CCCCN(C)C(=NCc1cc(C)oc1C)NCC. The van der Waals surface area contributed by atoms with Crippen molar-refractivity contribution < 1.29 is 4.42 Å². The average Bonchev–Trinajstić information content (AvgIpc) is 2.70. The molecule has 1 aromatic heterocycles. The van der Waals surface area contributed by atoms with Crippen molar-refractivity contribution in [1.82, 2.24) is 10.2 Å². The van der Waals surface area contributed by atoms with E-state index in [0.717, 1.165) is 36.1 Å². The number of aryl methyl sites for hydroxylation is 2. The minimum absolute atomic E-state index is 0.669. The van der Waals surface area contributed by atoms with Crippen LogP contribution in [0, 0.1) is 13.8 Å². The molecule has 0 unspecified atom stereocenters. The van der Waals surface area contributed by atoms with E-state index in [0.29, 0.717) is 6.54 Å². The fourth-order valence-electron chi connectivity index (χ4n) is 1.97. The lowest BCUT2D eigenvalue weighted by molar-refractivity contribution is 0.464. The second-order valence-electron chi connectivity index (χ2n) is 4.88. The van der Waals surface area contributed by atoms with Crippen molar-refractivity contribution in [2.75, 3.05) is 20.1 Å². The molecule has 0 saturated carbocycles. The van der Waals surface area contributed by atoms with Gasteiger partial charge < -0.3 is 14.6 Å². The summed E-state index contributed by atoms with van der Waals surface area (Å²) in [6.07, 6.45) is 2.38. The number of unbranched alkanes of at least 4 members (excludes halogenated alkanes) is 1. The van der Waals surface area contributed by atoms with Crippen LogP contribution in [0.25, 0.3) is 0 Å². The molecule has 0 radical (unpaired) electrons. The van der Waals surface area contributed by atoms with Gasteiger partial charge in [-0.05, 0) is 33.3 Å². The van der Waals surface area contributed by atoms with Gasteiger partial charge in [-0.2, -0.15) is 0 Å². The van der Waals surface area contributed by atoms with Crippen LogP contribution in [-0.2, 0) is 6.54 Å². The molecule has 1 rings (SSSR count). The zero-order chi connectivity index (χ0) is 14.3. The summed E-state index contributed by atoms with van der Waals surface area (Å²) in [6, 6.07) is 2.06. The second kappa shape index (κ2) is 7.87. The van der Waals surface area contributed by atoms with E-state index in [1.165, 1.54) is 12.8 Å². The average molecular weight is 265 g/mol. The number of guanidine groups is 1. The standard InChI is InChI=1S/C15H27N3O/c1-6-8-9-18(5)15(16-7-2)17-11-14-10-12(3)19-13(14)4/h10H,6-9,11H2,1-5H3,(H,16,17). The van der Waals surface area contributed by atoms with E-state index < -0.39 is 0 Å². The van der Waals surface area contributed by atoms with E-state index in [2.05, 4.69) is 42.2 Å². The summed E-state index contributed by atoms with van der Waals surface area (Å²) < 4.78 is 5.53. The van der Waals surface area contributed by atoms with Gasteiger partial charge in [-0.15, -0.1) is 0 Å². The van der Waals surface area contributed by atoms with Gasteiger partial charge in [0.2, 0.25) is 0 Å². The lowest BCUT2D eigenvalue weighted by Gasteiger charge is -2.21. The van der Waals surface area contributed by atoms with Crippen molar-refractivity contribution in [3.05, 3.63) is 23.2 Å².